The first-order valence-electron chi connectivity index (χ1n) is 6.61. The maximum absolute atomic E-state index is 12.2. The number of pyridine rings is 1. The number of esters is 1. The predicted molar refractivity (Wildman–Crippen MR) is 75.7 cm³/mol. The van der Waals surface area contributed by atoms with E-state index in [9.17, 15) is 14.4 Å². The van der Waals surface area contributed by atoms with Crippen molar-refractivity contribution in [3.63, 3.8) is 0 Å². The highest BCUT2D eigenvalue weighted by molar-refractivity contribution is 5.78. The molecule has 0 aliphatic carbocycles. The lowest BCUT2D eigenvalue weighted by molar-refractivity contribution is -0.142. The maximum atomic E-state index is 12.2. The second-order valence-corrected chi connectivity index (χ2v) is 5.30. The summed E-state index contributed by atoms with van der Waals surface area (Å²) in [7, 11) is 2.93. The Bertz CT molecular complexity index is 545. The van der Waals surface area contributed by atoms with E-state index in [1.54, 1.807) is 19.3 Å². The summed E-state index contributed by atoms with van der Waals surface area (Å²) in [5, 5.41) is 0. The number of aryl methyl sites for hydroxylation is 1. The van der Waals surface area contributed by atoms with Crippen molar-refractivity contribution in [2.24, 2.45) is 13.0 Å². The van der Waals surface area contributed by atoms with Gasteiger partial charge in [-0.15, -0.1) is 0 Å². The Kier molecular flexibility index (Phi) is 5.67. The third-order valence-electron chi connectivity index (χ3n) is 3.15. The van der Waals surface area contributed by atoms with Gasteiger partial charge in [0.25, 0.3) is 5.56 Å². The minimum Gasteiger partial charge on any atom is -0.469 e. The Morgan fingerprint density at radius 3 is 2.60 bits per heavy atom. The minimum atomic E-state index is -0.592. The molecule has 0 amide bonds. The minimum absolute atomic E-state index is 0.219. The van der Waals surface area contributed by atoms with E-state index in [0.29, 0.717) is 12.0 Å². The van der Waals surface area contributed by atoms with Crippen molar-refractivity contribution in [1.82, 2.24) is 4.57 Å². The Labute approximate surface area is 118 Å². The van der Waals surface area contributed by atoms with Crippen LogP contribution in [-0.4, -0.2) is 23.9 Å². The zero-order valence-corrected chi connectivity index (χ0v) is 12.4. The van der Waals surface area contributed by atoms with Gasteiger partial charge >= 0.3 is 5.97 Å². The van der Waals surface area contributed by atoms with Gasteiger partial charge in [-0.25, -0.2) is 0 Å². The first kappa shape index (κ1) is 16.1. The van der Waals surface area contributed by atoms with E-state index >= 15 is 0 Å². The second kappa shape index (κ2) is 7.03. The van der Waals surface area contributed by atoms with E-state index in [0.717, 1.165) is 11.8 Å². The van der Waals surface area contributed by atoms with Crippen LogP contribution in [0.15, 0.2) is 17.1 Å². The number of methoxy groups -OCH3 is 1. The van der Waals surface area contributed by atoms with Gasteiger partial charge < -0.3 is 14.1 Å². The summed E-state index contributed by atoms with van der Waals surface area (Å²) in [5.41, 5.74) is 0.887. The zero-order chi connectivity index (χ0) is 15.3. The maximum Gasteiger partial charge on any atom is 0.313 e. The van der Waals surface area contributed by atoms with Crippen LogP contribution >= 0.6 is 0 Å². The van der Waals surface area contributed by atoms with E-state index < -0.39 is 11.9 Å². The van der Waals surface area contributed by atoms with E-state index in [1.165, 1.54) is 11.7 Å². The van der Waals surface area contributed by atoms with Crippen LogP contribution in [-0.2, 0) is 27.8 Å². The molecule has 0 aliphatic rings. The third-order valence-corrected chi connectivity index (χ3v) is 3.15. The molecule has 5 nitrogen and oxygen atoms in total. The molecule has 5 heteroatoms. The molecule has 0 fully saturated rings. The van der Waals surface area contributed by atoms with Crippen LogP contribution in [0.3, 0.4) is 0 Å². The molecule has 1 heterocycles. The summed E-state index contributed by atoms with van der Waals surface area (Å²) in [6.07, 6.45) is 3.15. The smallest absolute Gasteiger partial charge is 0.313 e. The lowest BCUT2D eigenvalue weighted by Gasteiger charge is -2.18. The van der Waals surface area contributed by atoms with Gasteiger partial charge in [-0.3, -0.25) is 9.59 Å². The third kappa shape index (κ3) is 3.79. The molecule has 0 aromatic carbocycles. The number of aromatic nitrogens is 1. The quantitative estimate of drug-likeness (QED) is 0.583. The fourth-order valence-electron chi connectivity index (χ4n) is 2.23. The highest BCUT2D eigenvalue weighted by atomic mass is 16.5. The molecule has 1 rings (SSSR count). The highest BCUT2D eigenvalue weighted by Crippen LogP contribution is 2.23. The second-order valence-electron chi connectivity index (χ2n) is 5.30. The number of nitrogens with zero attached hydrogens (tertiary/aromatic N) is 1. The first-order valence-corrected chi connectivity index (χ1v) is 6.61. The van der Waals surface area contributed by atoms with Crippen LogP contribution in [0.5, 0.6) is 0 Å². The standard InChI is InChI=1S/C15H21NO4/c1-10(2)7-13(15(19)20-4)12-8-11(5-6-17)9-16(3)14(12)18/h6,8-10,13H,5,7H2,1-4H3. The van der Waals surface area contributed by atoms with Gasteiger partial charge in [0.05, 0.1) is 13.0 Å². The fraction of sp³-hybridized carbons (Fsp3) is 0.533. The van der Waals surface area contributed by atoms with Gasteiger partial charge in [-0.2, -0.15) is 0 Å². The number of carbonyl (C=O) groups excluding carboxylic acids is 2. The number of carbonyl (C=O) groups is 2. The molecule has 0 bridgehead atoms. The molecular formula is C15H21NO4. The molecule has 0 spiro atoms. The molecule has 1 aromatic heterocycles. The molecule has 20 heavy (non-hydrogen) atoms. The zero-order valence-electron chi connectivity index (χ0n) is 12.4. The SMILES string of the molecule is COC(=O)C(CC(C)C)c1cc(CC=O)cn(C)c1=O. The van der Waals surface area contributed by atoms with Crippen LogP contribution in [0.25, 0.3) is 0 Å². The summed E-state index contributed by atoms with van der Waals surface area (Å²) in [4.78, 5) is 34.8. The molecule has 1 atom stereocenters. The normalized spacial score (nSPS) is 12.2. The Morgan fingerprint density at radius 2 is 2.10 bits per heavy atom. The number of aldehydes is 1. The van der Waals surface area contributed by atoms with Gasteiger partial charge in [0, 0.05) is 25.2 Å². The average molecular weight is 279 g/mol. The lowest BCUT2D eigenvalue weighted by atomic mass is 9.90. The van der Waals surface area contributed by atoms with Crippen LogP contribution < -0.4 is 5.56 Å². The van der Waals surface area contributed by atoms with Crippen LogP contribution in [0.2, 0.25) is 0 Å². The molecule has 0 radical (unpaired) electrons. The number of hydrogen-bond acceptors (Lipinski definition) is 4. The summed E-state index contributed by atoms with van der Waals surface area (Å²) in [6.45, 7) is 3.96. The van der Waals surface area contributed by atoms with Crippen molar-refractivity contribution >= 4 is 12.3 Å². The summed E-state index contributed by atoms with van der Waals surface area (Å²) in [5.74, 6) is -0.761. The molecule has 1 aromatic rings. The highest BCUT2D eigenvalue weighted by Gasteiger charge is 2.26. The van der Waals surface area contributed by atoms with Gasteiger partial charge in [0.1, 0.15) is 6.29 Å². The van der Waals surface area contributed by atoms with Crippen LogP contribution in [0, 0.1) is 5.92 Å². The van der Waals surface area contributed by atoms with E-state index in [4.69, 9.17) is 4.74 Å². The van der Waals surface area contributed by atoms with Crippen LogP contribution in [0.4, 0.5) is 0 Å². The van der Waals surface area contributed by atoms with E-state index in [1.807, 2.05) is 13.8 Å². The van der Waals surface area contributed by atoms with Gasteiger partial charge in [-0.1, -0.05) is 13.8 Å². The number of hydrogen-bond donors (Lipinski definition) is 0. The van der Waals surface area contributed by atoms with Crippen LogP contribution in [0.1, 0.15) is 37.3 Å². The average Bonchev–Trinajstić information content (AvgIpc) is 2.39. The summed E-state index contributed by atoms with van der Waals surface area (Å²) >= 11 is 0. The summed E-state index contributed by atoms with van der Waals surface area (Å²) in [6, 6.07) is 1.64. The van der Waals surface area contributed by atoms with Crippen molar-refractivity contribution in [1.29, 1.82) is 0 Å². The number of ether oxygens (including phenoxy) is 1. The van der Waals surface area contributed by atoms with Crippen molar-refractivity contribution < 1.29 is 14.3 Å². The van der Waals surface area contributed by atoms with Gasteiger partial charge in [-0.05, 0) is 24.0 Å². The largest absolute Gasteiger partial charge is 0.469 e. The molecule has 0 saturated heterocycles. The lowest BCUT2D eigenvalue weighted by Crippen LogP contribution is -2.28. The van der Waals surface area contributed by atoms with Crippen molar-refractivity contribution in [2.45, 2.75) is 32.6 Å². The molecular weight excluding hydrogens is 258 g/mol. The number of rotatable bonds is 6. The Balaban J connectivity index is 3.34. The molecule has 110 valence electrons. The van der Waals surface area contributed by atoms with E-state index in [2.05, 4.69) is 0 Å². The van der Waals surface area contributed by atoms with Crippen molar-refractivity contribution in [2.75, 3.05) is 7.11 Å². The molecule has 0 N–H and O–H groups in total. The topological polar surface area (TPSA) is 65.4 Å². The van der Waals surface area contributed by atoms with Crippen molar-refractivity contribution in [3.05, 3.63) is 33.7 Å². The predicted octanol–water partition coefficient (Wildman–Crippen LogP) is 1.43. The van der Waals surface area contributed by atoms with Gasteiger partial charge in [0.15, 0.2) is 0 Å². The monoisotopic (exact) mass is 279 g/mol. The molecule has 1 unspecified atom stereocenters. The Hall–Kier alpha value is -1.91. The Morgan fingerprint density at radius 1 is 1.45 bits per heavy atom. The van der Waals surface area contributed by atoms with Gasteiger partial charge in [0.2, 0.25) is 0 Å². The fourth-order valence-corrected chi connectivity index (χ4v) is 2.23. The molecule has 0 saturated carbocycles. The molecule has 0 aliphatic heterocycles. The first-order chi connectivity index (χ1) is 9.40. The van der Waals surface area contributed by atoms with Crippen molar-refractivity contribution in [3.8, 4) is 0 Å². The van der Waals surface area contributed by atoms with E-state index in [-0.39, 0.29) is 17.9 Å². The summed E-state index contributed by atoms with van der Waals surface area (Å²) < 4.78 is 6.21.